The molecule has 79 heavy (non-hydrogen) atoms. The highest BCUT2D eigenvalue weighted by molar-refractivity contribution is 5.71. The van der Waals surface area contributed by atoms with Gasteiger partial charge in [-0.2, -0.15) is 0 Å². The van der Waals surface area contributed by atoms with Crippen molar-refractivity contribution in [3.8, 4) is 0 Å². The van der Waals surface area contributed by atoms with Crippen LogP contribution in [0.2, 0.25) is 0 Å². The number of rotatable bonds is 57. The van der Waals surface area contributed by atoms with Gasteiger partial charge in [0.25, 0.3) is 0 Å². The van der Waals surface area contributed by atoms with E-state index in [4.69, 9.17) is 14.2 Å². The number of hydrogen-bond acceptors (Lipinski definition) is 6. The lowest BCUT2D eigenvalue weighted by atomic mass is 10.0. The van der Waals surface area contributed by atoms with E-state index in [1.165, 1.54) is 103 Å². The van der Waals surface area contributed by atoms with E-state index < -0.39 is 6.10 Å². The van der Waals surface area contributed by atoms with Crippen LogP contribution in [0.15, 0.2) is 146 Å². The molecule has 6 heteroatoms. The molecule has 0 aromatic rings. The summed E-state index contributed by atoms with van der Waals surface area (Å²) in [4.78, 5) is 38.1. The summed E-state index contributed by atoms with van der Waals surface area (Å²) in [6.45, 7) is 6.33. The lowest BCUT2D eigenvalue weighted by Crippen LogP contribution is -2.30. The fraction of sp³-hybridized carbons (Fsp3) is 0.630. The Balaban J connectivity index is 4.16. The highest BCUT2D eigenvalue weighted by Crippen LogP contribution is 2.15. The topological polar surface area (TPSA) is 78.9 Å². The van der Waals surface area contributed by atoms with Crippen LogP contribution in [-0.4, -0.2) is 37.2 Å². The summed E-state index contributed by atoms with van der Waals surface area (Å²) in [5.74, 6) is -0.949. The highest BCUT2D eigenvalue weighted by atomic mass is 16.6. The Bertz CT molecular complexity index is 1730. The van der Waals surface area contributed by atoms with Crippen LogP contribution in [0.4, 0.5) is 0 Å². The Morgan fingerprint density at radius 1 is 0.266 bits per heavy atom. The van der Waals surface area contributed by atoms with Crippen LogP contribution in [0, 0.1) is 0 Å². The Morgan fingerprint density at radius 3 is 0.797 bits per heavy atom. The molecule has 0 fully saturated rings. The predicted molar refractivity (Wildman–Crippen MR) is 343 cm³/mol. The van der Waals surface area contributed by atoms with E-state index >= 15 is 0 Å². The second-order valence-corrected chi connectivity index (χ2v) is 20.9. The third-order valence-corrected chi connectivity index (χ3v) is 13.3. The fourth-order valence-electron chi connectivity index (χ4n) is 8.57. The second kappa shape index (κ2) is 65.8. The van der Waals surface area contributed by atoms with Crippen molar-refractivity contribution in [3.63, 3.8) is 0 Å². The Kier molecular flexibility index (Phi) is 61.9. The fourth-order valence-corrected chi connectivity index (χ4v) is 8.57. The number of ether oxygens (including phenoxy) is 3. The maximum absolute atomic E-state index is 12.8. The van der Waals surface area contributed by atoms with Crippen molar-refractivity contribution in [3.05, 3.63) is 146 Å². The minimum absolute atomic E-state index is 0.0980. The maximum atomic E-state index is 12.8. The van der Waals surface area contributed by atoms with Crippen LogP contribution < -0.4 is 0 Å². The molecule has 0 rings (SSSR count). The molecular formula is C73H118O6. The van der Waals surface area contributed by atoms with E-state index in [0.717, 1.165) is 128 Å². The van der Waals surface area contributed by atoms with Gasteiger partial charge in [0.15, 0.2) is 6.10 Å². The molecular weight excluding hydrogens is 973 g/mol. The molecule has 1 unspecified atom stereocenters. The van der Waals surface area contributed by atoms with Crippen LogP contribution in [-0.2, 0) is 28.6 Å². The van der Waals surface area contributed by atoms with Crippen molar-refractivity contribution in [2.75, 3.05) is 13.2 Å². The molecule has 0 aromatic carbocycles. The molecule has 446 valence electrons. The monoisotopic (exact) mass is 1090 g/mol. The highest BCUT2D eigenvalue weighted by Gasteiger charge is 2.19. The van der Waals surface area contributed by atoms with E-state index in [9.17, 15) is 14.4 Å². The van der Waals surface area contributed by atoms with Gasteiger partial charge in [-0.05, 0) is 122 Å². The molecule has 0 aliphatic heterocycles. The summed E-state index contributed by atoms with van der Waals surface area (Å²) in [5, 5.41) is 0. The summed E-state index contributed by atoms with van der Waals surface area (Å²) in [6.07, 6.45) is 94.6. The lowest BCUT2D eigenvalue weighted by molar-refractivity contribution is -0.167. The average Bonchev–Trinajstić information content (AvgIpc) is 3.45. The molecule has 0 saturated carbocycles. The molecule has 0 saturated heterocycles. The minimum atomic E-state index is -0.803. The van der Waals surface area contributed by atoms with Crippen LogP contribution in [0.3, 0.4) is 0 Å². The van der Waals surface area contributed by atoms with Crippen molar-refractivity contribution in [1.29, 1.82) is 0 Å². The van der Waals surface area contributed by atoms with Gasteiger partial charge in [0, 0.05) is 19.3 Å². The summed E-state index contributed by atoms with van der Waals surface area (Å²) in [7, 11) is 0. The third kappa shape index (κ3) is 64.0. The first kappa shape index (κ1) is 74.3. The number of allylic oxidation sites excluding steroid dienone is 24. The molecule has 0 aliphatic carbocycles. The first-order valence-electron chi connectivity index (χ1n) is 32.3. The van der Waals surface area contributed by atoms with E-state index in [1.54, 1.807) is 0 Å². The summed E-state index contributed by atoms with van der Waals surface area (Å²) < 4.78 is 16.8. The Morgan fingerprint density at radius 2 is 0.494 bits per heavy atom. The Labute approximate surface area is 487 Å². The van der Waals surface area contributed by atoms with Crippen LogP contribution in [0.1, 0.15) is 278 Å². The van der Waals surface area contributed by atoms with Crippen LogP contribution >= 0.6 is 0 Å². The van der Waals surface area contributed by atoms with Gasteiger partial charge >= 0.3 is 17.9 Å². The zero-order chi connectivity index (χ0) is 57.1. The summed E-state index contributed by atoms with van der Waals surface area (Å²) >= 11 is 0. The SMILES string of the molecule is CC/C=C\C/C=C\C/C=C\C/C=C\C/C=C\C/C=C\CCCCCCCCCCCCCCCCC(=O)OCC(COC(=O)CCCCCCCCC)OC(=O)CCCC/C=C\C/C=C\C/C=C\C/C=C\C/C=C\C/C=C\CC. The maximum Gasteiger partial charge on any atom is 0.306 e. The van der Waals surface area contributed by atoms with Gasteiger partial charge in [-0.1, -0.05) is 282 Å². The number of carbonyl (C=O) groups excluding carboxylic acids is 3. The van der Waals surface area contributed by atoms with Crippen molar-refractivity contribution in [2.24, 2.45) is 0 Å². The molecule has 0 aromatic heterocycles. The van der Waals surface area contributed by atoms with Gasteiger partial charge in [-0.15, -0.1) is 0 Å². The number of hydrogen-bond donors (Lipinski definition) is 0. The summed E-state index contributed by atoms with van der Waals surface area (Å²) in [6, 6.07) is 0. The van der Waals surface area contributed by atoms with E-state index in [1.807, 2.05) is 0 Å². The van der Waals surface area contributed by atoms with Gasteiger partial charge in [0.1, 0.15) is 13.2 Å². The molecule has 0 bridgehead atoms. The number of unbranched alkanes of at least 4 members (excludes halogenated alkanes) is 22. The van der Waals surface area contributed by atoms with Gasteiger partial charge in [-0.25, -0.2) is 0 Å². The van der Waals surface area contributed by atoms with Crippen molar-refractivity contribution < 1.29 is 28.6 Å². The van der Waals surface area contributed by atoms with E-state index in [-0.39, 0.29) is 37.5 Å². The molecule has 0 N–H and O–H groups in total. The standard InChI is InChI=1S/C73H118O6/c1-4-7-10-13-16-18-20-22-24-26-28-30-31-32-33-34-35-36-37-38-39-40-41-43-44-46-48-50-52-54-57-60-63-66-72(75)78-69-70(68-77-71(74)65-62-59-56-15-12-9-6-3)79-73(76)67-64-61-58-55-53-51-49-47-45-42-29-27-25-23-21-19-17-14-11-8-5-2/h7-8,10-11,16-19,22-25,28-30,32-33,35-36,42,47,49,53,55,70H,4-6,9,12-15,20-21,26-27,31,34,37-41,43-46,48,50-52,54,56-69H2,1-3H3/b10-7-,11-8-,18-16-,19-17-,24-22-,25-23-,30-28-,33-32-,36-35-,42-29-,49-47-,55-53-. The molecule has 0 radical (unpaired) electrons. The average molecular weight is 1090 g/mol. The molecule has 6 nitrogen and oxygen atoms in total. The van der Waals surface area contributed by atoms with Gasteiger partial charge in [0.05, 0.1) is 0 Å². The quantitative estimate of drug-likeness (QED) is 0.0261. The minimum Gasteiger partial charge on any atom is -0.462 e. The third-order valence-electron chi connectivity index (χ3n) is 13.3. The normalized spacial score (nSPS) is 13.1. The van der Waals surface area contributed by atoms with E-state index in [2.05, 4.69) is 167 Å². The first-order chi connectivity index (χ1) is 39.0. The smallest absolute Gasteiger partial charge is 0.306 e. The Hall–Kier alpha value is -4.71. The molecule has 0 aliphatic rings. The van der Waals surface area contributed by atoms with Gasteiger partial charge in [0.2, 0.25) is 0 Å². The number of carbonyl (C=O) groups is 3. The van der Waals surface area contributed by atoms with Crippen molar-refractivity contribution in [2.45, 2.75) is 284 Å². The first-order valence-corrected chi connectivity index (χ1v) is 32.3. The zero-order valence-corrected chi connectivity index (χ0v) is 51.1. The largest absolute Gasteiger partial charge is 0.462 e. The van der Waals surface area contributed by atoms with Crippen molar-refractivity contribution in [1.82, 2.24) is 0 Å². The predicted octanol–water partition coefficient (Wildman–Crippen LogP) is 22.3. The van der Waals surface area contributed by atoms with Gasteiger partial charge in [-0.3, -0.25) is 14.4 Å². The molecule has 1 atom stereocenters. The summed E-state index contributed by atoms with van der Waals surface area (Å²) in [5.41, 5.74) is 0. The lowest BCUT2D eigenvalue weighted by Gasteiger charge is -2.18. The van der Waals surface area contributed by atoms with E-state index in [0.29, 0.717) is 19.3 Å². The second-order valence-electron chi connectivity index (χ2n) is 20.9. The zero-order valence-electron chi connectivity index (χ0n) is 51.1. The van der Waals surface area contributed by atoms with Gasteiger partial charge < -0.3 is 14.2 Å². The molecule has 0 amide bonds. The molecule has 0 spiro atoms. The van der Waals surface area contributed by atoms with Crippen LogP contribution in [0.5, 0.6) is 0 Å². The molecule has 0 heterocycles. The number of esters is 3. The van der Waals surface area contributed by atoms with Crippen LogP contribution in [0.25, 0.3) is 0 Å². The van der Waals surface area contributed by atoms with Crippen molar-refractivity contribution >= 4 is 17.9 Å².